The summed E-state index contributed by atoms with van der Waals surface area (Å²) in [5.41, 5.74) is 1.64. The molecule has 0 spiro atoms. The van der Waals surface area contributed by atoms with Crippen molar-refractivity contribution in [2.24, 2.45) is 0 Å². The first-order chi connectivity index (χ1) is 11.6. The molecule has 0 unspecified atom stereocenters. The van der Waals surface area contributed by atoms with Gasteiger partial charge < -0.3 is 0 Å². The topological polar surface area (TPSA) is 0 Å². The number of halogens is 3. The smallest absolute Gasteiger partial charge is 0.166 e. The second-order valence-electron chi connectivity index (χ2n) is 6.31. The normalized spacial score (nSPS) is 11.6. The molecule has 0 amide bonds. The Labute approximate surface area is 142 Å². The van der Waals surface area contributed by atoms with E-state index in [1.165, 1.54) is 37.0 Å². The van der Waals surface area contributed by atoms with Crippen LogP contribution in [-0.4, -0.2) is 0 Å². The molecule has 0 fully saturated rings. The predicted octanol–water partition coefficient (Wildman–Crippen LogP) is 6.83. The Balaban J connectivity index is 1.55. The molecular formula is C21H25F3. The van der Waals surface area contributed by atoms with E-state index < -0.39 is 11.7 Å². The molecule has 0 saturated carbocycles. The fourth-order valence-corrected chi connectivity index (χ4v) is 2.91. The van der Waals surface area contributed by atoms with Crippen LogP contribution in [0, 0.1) is 0 Å². The SMILES string of the molecule is FC(F)(F)c1cccc(CCCCCCCCc2ccccc2)c1. The lowest BCUT2D eigenvalue weighted by molar-refractivity contribution is -0.137. The maximum absolute atomic E-state index is 12.7. The standard InChI is InChI=1S/C21H25F3/c22-21(23,24)20-16-10-15-19(17-20)14-7-4-2-1-3-6-11-18-12-8-5-9-13-18/h5,8-10,12-13,15-17H,1-4,6-7,11,14H2. The highest BCUT2D eigenvalue weighted by Gasteiger charge is 2.30. The summed E-state index contributed by atoms with van der Waals surface area (Å²) < 4.78 is 38.0. The number of alkyl halides is 3. The van der Waals surface area contributed by atoms with Gasteiger partial charge in [0.1, 0.15) is 0 Å². The highest BCUT2D eigenvalue weighted by molar-refractivity contribution is 5.25. The second-order valence-corrected chi connectivity index (χ2v) is 6.31. The zero-order valence-corrected chi connectivity index (χ0v) is 14.0. The first-order valence-corrected chi connectivity index (χ1v) is 8.76. The van der Waals surface area contributed by atoms with Gasteiger partial charge in [0.25, 0.3) is 0 Å². The molecule has 3 heteroatoms. The minimum absolute atomic E-state index is 0.541. The summed E-state index contributed by atoms with van der Waals surface area (Å²) in [5.74, 6) is 0. The minimum atomic E-state index is -4.24. The molecule has 2 aromatic carbocycles. The van der Waals surface area contributed by atoms with Gasteiger partial charge in [-0.15, -0.1) is 0 Å². The van der Waals surface area contributed by atoms with E-state index in [0.717, 1.165) is 43.7 Å². The van der Waals surface area contributed by atoms with Crippen LogP contribution in [0.25, 0.3) is 0 Å². The summed E-state index contributed by atoms with van der Waals surface area (Å²) in [4.78, 5) is 0. The van der Waals surface area contributed by atoms with E-state index in [1.54, 1.807) is 6.07 Å². The Morgan fingerprint density at radius 1 is 0.583 bits per heavy atom. The minimum Gasteiger partial charge on any atom is -0.166 e. The molecule has 0 heterocycles. The predicted molar refractivity (Wildman–Crippen MR) is 93.0 cm³/mol. The molecule has 0 aliphatic carbocycles. The lowest BCUT2D eigenvalue weighted by atomic mass is 10.0. The maximum atomic E-state index is 12.7. The maximum Gasteiger partial charge on any atom is 0.416 e. The molecule has 0 saturated heterocycles. The molecule has 0 aliphatic heterocycles. The molecule has 2 aromatic rings. The van der Waals surface area contributed by atoms with Gasteiger partial charge in [-0.1, -0.05) is 74.2 Å². The molecule has 130 valence electrons. The monoisotopic (exact) mass is 334 g/mol. The molecule has 0 aromatic heterocycles. The van der Waals surface area contributed by atoms with Crippen molar-refractivity contribution >= 4 is 0 Å². The summed E-state index contributed by atoms with van der Waals surface area (Å²) in [7, 11) is 0. The number of benzene rings is 2. The Bertz CT molecular complexity index is 588. The molecular weight excluding hydrogens is 309 g/mol. The van der Waals surface area contributed by atoms with Crippen LogP contribution in [0.15, 0.2) is 54.6 Å². The highest BCUT2D eigenvalue weighted by Crippen LogP contribution is 2.29. The number of hydrogen-bond donors (Lipinski definition) is 0. The van der Waals surface area contributed by atoms with Gasteiger partial charge in [-0.05, 0) is 42.9 Å². The second kappa shape index (κ2) is 9.51. The fraction of sp³-hybridized carbons (Fsp3) is 0.429. The van der Waals surface area contributed by atoms with Crippen LogP contribution in [0.2, 0.25) is 0 Å². The van der Waals surface area contributed by atoms with E-state index in [1.807, 2.05) is 6.07 Å². The van der Waals surface area contributed by atoms with E-state index in [4.69, 9.17) is 0 Å². The van der Waals surface area contributed by atoms with Crippen LogP contribution in [-0.2, 0) is 19.0 Å². The summed E-state index contributed by atoms with van der Waals surface area (Å²) in [6.45, 7) is 0. The molecule has 0 N–H and O–H groups in total. The van der Waals surface area contributed by atoms with Crippen molar-refractivity contribution in [1.82, 2.24) is 0 Å². The van der Waals surface area contributed by atoms with Crippen molar-refractivity contribution in [2.45, 2.75) is 57.5 Å². The van der Waals surface area contributed by atoms with Gasteiger partial charge in [-0.2, -0.15) is 13.2 Å². The Kier molecular flexibility index (Phi) is 7.36. The van der Waals surface area contributed by atoms with Crippen molar-refractivity contribution in [2.75, 3.05) is 0 Å². The fourth-order valence-electron chi connectivity index (χ4n) is 2.91. The summed E-state index contributed by atoms with van der Waals surface area (Å²) in [6.07, 6.45) is 4.45. The van der Waals surface area contributed by atoms with Crippen LogP contribution in [0.5, 0.6) is 0 Å². The van der Waals surface area contributed by atoms with E-state index in [9.17, 15) is 13.2 Å². The van der Waals surface area contributed by atoms with Crippen LogP contribution in [0.1, 0.15) is 55.2 Å². The molecule has 24 heavy (non-hydrogen) atoms. The van der Waals surface area contributed by atoms with Crippen LogP contribution >= 0.6 is 0 Å². The van der Waals surface area contributed by atoms with E-state index in [2.05, 4.69) is 24.3 Å². The van der Waals surface area contributed by atoms with Gasteiger partial charge in [0, 0.05) is 0 Å². The largest absolute Gasteiger partial charge is 0.416 e. The third kappa shape index (κ3) is 6.77. The zero-order chi connectivity index (χ0) is 17.3. The summed E-state index contributed by atoms with van der Waals surface area (Å²) in [6, 6.07) is 16.2. The van der Waals surface area contributed by atoms with Crippen molar-refractivity contribution in [3.05, 3.63) is 71.3 Å². The van der Waals surface area contributed by atoms with E-state index >= 15 is 0 Å². The van der Waals surface area contributed by atoms with Crippen molar-refractivity contribution in [3.63, 3.8) is 0 Å². The molecule has 0 bridgehead atoms. The molecule has 0 atom stereocenters. The average molecular weight is 334 g/mol. The average Bonchev–Trinajstić information content (AvgIpc) is 2.58. The van der Waals surface area contributed by atoms with Crippen molar-refractivity contribution in [1.29, 1.82) is 0 Å². The first kappa shape index (κ1) is 18.6. The third-order valence-electron chi connectivity index (χ3n) is 4.28. The van der Waals surface area contributed by atoms with Crippen molar-refractivity contribution in [3.8, 4) is 0 Å². The molecule has 2 rings (SSSR count). The first-order valence-electron chi connectivity index (χ1n) is 8.76. The summed E-state index contributed by atoms with van der Waals surface area (Å²) in [5, 5.41) is 0. The van der Waals surface area contributed by atoms with Crippen LogP contribution in [0.4, 0.5) is 13.2 Å². The van der Waals surface area contributed by atoms with Gasteiger partial charge in [-0.25, -0.2) is 0 Å². The number of aryl methyl sites for hydroxylation is 2. The number of rotatable bonds is 9. The van der Waals surface area contributed by atoms with E-state index in [-0.39, 0.29) is 0 Å². The lowest BCUT2D eigenvalue weighted by Gasteiger charge is -2.08. The van der Waals surface area contributed by atoms with E-state index in [0.29, 0.717) is 0 Å². The lowest BCUT2D eigenvalue weighted by Crippen LogP contribution is -2.05. The van der Waals surface area contributed by atoms with Crippen LogP contribution < -0.4 is 0 Å². The Hall–Kier alpha value is -1.77. The van der Waals surface area contributed by atoms with Crippen molar-refractivity contribution < 1.29 is 13.2 Å². The number of unbranched alkanes of at least 4 members (excludes halogenated alkanes) is 5. The Morgan fingerprint density at radius 2 is 1.12 bits per heavy atom. The third-order valence-corrected chi connectivity index (χ3v) is 4.28. The molecule has 0 radical (unpaired) electrons. The van der Waals surface area contributed by atoms with Gasteiger partial charge in [0.2, 0.25) is 0 Å². The summed E-state index contributed by atoms with van der Waals surface area (Å²) >= 11 is 0. The molecule has 0 aliphatic rings. The van der Waals surface area contributed by atoms with Gasteiger partial charge >= 0.3 is 6.18 Å². The van der Waals surface area contributed by atoms with Crippen LogP contribution in [0.3, 0.4) is 0 Å². The van der Waals surface area contributed by atoms with Gasteiger partial charge in [0.15, 0.2) is 0 Å². The zero-order valence-electron chi connectivity index (χ0n) is 14.0. The quantitative estimate of drug-likeness (QED) is 0.441. The van der Waals surface area contributed by atoms with Gasteiger partial charge in [-0.3, -0.25) is 0 Å². The molecule has 0 nitrogen and oxygen atoms in total. The number of hydrogen-bond acceptors (Lipinski definition) is 0. The highest BCUT2D eigenvalue weighted by atomic mass is 19.4. The van der Waals surface area contributed by atoms with Gasteiger partial charge in [0.05, 0.1) is 5.56 Å². The Morgan fingerprint density at radius 3 is 1.75 bits per heavy atom.